The summed E-state index contributed by atoms with van der Waals surface area (Å²) in [5.41, 5.74) is 2.38. The Hall–Kier alpha value is -2.79. The number of hydrogen-bond acceptors (Lipinski definition) is 8. The summed E-state index contributed by atoms with van der Waals surface area (Å²) in [5.74, 6) is 0. The number of alkyl halides is 3. The number of carbonyl (C=O) groups is 1. The molecule has 11 heteroatoms. The molecule has 0 N–H and O–H groups in total. The Morgan fingerprint density at radius 1 is 0.617 bits per heavy atom. The molecule has 1 fully saturated rings. The SMILES string of the molecule is O=C(OC[C@H]1O[C@@H](Sc2ccccc2)[C@H](OCc2ccccc2)[C@@H](OCc2ccccc2)[C@H]1OCc1ccccc1)OCC(Cl)(Cl)Cl. The zero-order chi connectivity index (χ0) is 32.9. The molecule has 0 spiro atoms. The fourth-order valence-corrected chi connectivity index (χ4v) is 6.25. The number of thioether (sulfide) groups is 1. The van der Waals surface area contributed by atoms with Crippen LogP contribution in [0, 0.1) is 0 Å². The van der Waals surface area contributed by atoms with E-state index in [1.165, 1.54) is 11.8 Å². The number of benzene rings is 4. The van der Waals surface area contributed by atoms with Gasteiger partial charge < -0.3 is 28.4 Å². The quantitative estimate of drug-likeness (QED) is 0.0948. The highest BCUT2D eigenvalue weighted by Crippen LogP contribution is 2.38. The van der Waals surface area contributed by atoms with E-state index in [9.17, 15) is 4.79 Å². The van der Waals surface area contributed by atoms with Crippen LogP contribution in [0.4, 0.5) is 4.79 Å². The fourth-order valence-electron chi connectivity index (χ4n) is 4.94. The van der Waals surface area contributed by atoms with Crippen LogP contribution in [0.15, 0.2) is 126 Å². The highest BCUT2D eigenvalue weighted by atomic mass is 35.6. The zero-order valence-corrected chi connectivity index (χ0v) is 28.5. The van der Waals surface area contributed by atoms with Crippen LogP contribution in [-0.4, -0.2) is 53.0 Å². The Bertz CT molecular complexity index is 1480. The number of hydrogen-bond donors (Lipinski definition) is 0. The molecule has 0 amide bonds. The second-order valence-electron chi connectivity index (χ2n) is 10.7. The third-order valence-corrected chi connectivity index (χ3v) is 8.64. The van der Waals surface area contributed by atoms with Gasteiger partial charge in [0, 0.05) is 4.90 Å². The van der Waals surface area contributed by atoms with Gasteiger partial charge in [-0.15, -0.1) is 0 Å². The van der Waals surface area contributed by atoms with Gasteiger partial charge in [0.25, 0.3) is 0 Å². The van der Waals surface area contributed by atoms with Crippen molar-refractivity contribution in [2.24, 2.45) is 0 Å². The van der Waals surface area contributed by atoms with Crippen LogP contribution in [0.1, 0.15) is 16.7 Å². The van der Waals surface area contributed by atoms with Crippen molar-refractivity contribution < 1.29 is 33.2 Å². The molecule has 4 aromatic carbocycles. The van der Waals surface area contributed by atoms with E-state index >= 15 is 0 Å². The highest BCUT2D eigenvalue weighted by Gasteiger charge is 2.49. The van der Waals surface area contributed by atoms with Gasteiger partial charge in [-0.05, 0) is 28.8 Å². The molecule has 0 bridgehead atoms. The van der Waals surface area contributed by atoms with E-state index in [1.807, 2.05) is 121 Å². The Kier molecular flexibility index (Phi) is 13.7. The maximum absolute atomic E-state index is 12.5. The summed E-state index contributed by atoms with van der Waals surface area (Å²) in [5, 5.41) is 0. The van der Waals surface area contributed by atoms with Crippen LogP contribution in [0.5, 0.6) is 0 Å². The summed E-state index contributed by atoms with van der Waals surface area (Å²) in [6, 6.07) is 39.4. The van der Waals surface area contributed by atoms with E-state index in [4.69, 9.17) is 63.2 Å². The largest absolute Gasteiger partial charge is 0.508 e. The number of carbonyl (C=O) groups excluding carboxylic acids is 1. The van der Waals surface area contributed by atoms with Gasteiger partial charge in [0.1, 0.15) is 43.1 Å². The van der Waals surface area contributed by atoms with Crippen molar-refractivity contribution in [1.29, 1.82) is 0 Å². The van der Waals surface area contributed by atoms with Gasteiger partial charge in [0.15, 0.2) is 0 Å². The first-order valence-corrected chi connectivity index (χ1v) is 17.1. The first-order chi connectivity index (χ1) is 22.8. The normalized spacial score (nSPS) is 21.2. The molecule has 1 aliphatic rings. The predicted molar refractivity (Wildman–Crippen MR) is 184 cm³/mol. The van der Waals surface area contributed by atoms with Gasteiger partial charge in [-0.1, -0.05) is 156 Å². The average molecular weight is 718 g/mol. The Morgan fingerprint density at radius 2 is 1.06 bits per heavy atom. The van der Waals surface area contributed by atoms with E-state index in [2.05, 4.69) is 0 Å². The average Bonchev–Trinajstić information content (AvgIpc) is 3.09. The predicted octanol–water partition coefficient (Wildman–Crippen LogP) is 8.78. The third-order valence-electron chi connectivity index (χ3n) is 7.16. The summed E-state index contributed by atoms with van der Waals surface area (Å²) < 4.78 is 35.3. The third kappa shape index (κ3) is 11.7. The maximum atomic E-state index is 12.5. The minimum absolute atomic E-state index is 0.208. The molecule has 0 radical (unpaired) electrons. The molecule has 248 valence electrons. The Labute approximate surface area is 294 Å². The molecule has 0 aliphatic carbocycles. The van der Waals surface area contributed by atoms with E-state index in [0.29, 0.717) is 13.2 Å². The van der Waals surface area contributed by atoms with Gasteiger partial charge in [-0.25, -0.2) is 4.79 Å². The minimum Gasteiger partial charge on any atom is -0.431 e. The Balaban J connectivity index is 1.45. The lowest BCUT2D eigenvalue weighted by Gasteiger charge is -2.45. The van der Waals surface area contributed by atoms with Crippen molar-refractivity contribution in [3.05, 3.63) is 138 Å². The molecule has 0 unspecified atom stereocenters. The molecule has 0 saturated carbocycles. The molecule has 5 rings (SSSR count). The van der Waals surface area contributed by atoms with Gasteiger partial charge >= 0.3 is 6.16 Å². The van der Waals surface area contributed by atoms with Crippen LogP contribution in [0.3, 0.4) is 0 Å². The second-order valence-corrected chi connectivity index (χ2v) is 14.4. The van der Waals surface area contributed by atoms with Gasteiger partial charge in [0.05, 0.1) is 19.8 Å². The monoisotopic (exact) mass is 716 g/mol. The van der Waals surface area contributed by atoms with Gasteiger partial charge in [-0.3, -0.25) is 0 Å². The molecule has 0 aromatic heterocycles. The molecule has 4 aromatic rings. The first kappa shape index (κ1) is 35.5. The minimum atomic E-state index is -1.78. The molecular formula is C36H35Cl3O7S. The first-order valence-electron chi connectivity index (χ1n) is 15.0. The lowest BCUT2D eigenvalue weighted by atomic mass is 9.99. The summed E-state index contributed by atoms with van der Waals surface area (Å²) in [7, 11) is 0. The summed E-state index contributed by atoms with van der Waals surface area (Å²) in [6.07, 6.45) is -3.70. The molecular weight excluding hydrogens is 683 g/mol. The van der Waals surface area contributed by atoms with E-state index in [-0.39, 0.29) is 13.2 Å². The summed E-state index contributed by atoms with van der Waals surface area (Å²) >= 11 is 18.8. The van der Waals surface area contributed by atoms with Crippen molar-refractivity contribution in [2.45, 2.75) is 58.4 Å². The van der Waals surface area contributed by atoms with Crippen LogP contribution in [0.25, 0.3) is 0 Å². The fraction of sp³-hybridized carbons (Fsp3) is 0.306. The van der Waals surface area contributed by atoms with Crippen LogP contribution < -0.4 is 0 Å². The number of rotatable bonds is 14. The summed E-state index contributed by atoms with van der Waals surface area (Å²) in [4.78, 5) is 13.5. The van der Waals surface area contributed by atoms with E-state index in [1.54, 1.807) is 0 Å². The zero-order valence-electron chi connectivity index (χ0n) is 25.4. The van der Waals surface area contributed by atoms with E-state index < -0.39 is 46.4 Å². The lowest BCUT2D eigenvalue weighted by molar-refractivity contribution is -0.252. The number of halogens is 3. The van der Waals surface area contributed by atoms with Crippen LogP contribution >= 0.6 is 46.6 Å². The van der Waals surface area contributed by atoms with Crippen molar-refractivity contribution in [3.8, 4) is 0 Å². The van der Waals surface area contributed by atoms with Crippen LogP contribution in [-0.2, 0) is 48.2 Å². The topological polar surface area (TPSA) is 72.5 Å². The lowest BCUT2D eigenvalue weighted by Crippen LogP contribution is -2.60. The van der Waals surface area contributed by atoms with E-state index in [0.717, 1.165) is 21.6 Å². The second kappa shape index (κ2) is 18.1. The maximum Gasteiger partial charge on any atom is 0.508 e. The molecule has 1 heterocycles. The van der Waals surface area contributed by atoms with Gasteiger partial charge in [0.2, 0.25) is 3.79 Å². The van der Waals surface area contributed by atoms with Crippen molar-refractivity contribution >= 4 is 52.7 Å². The van der Waals surface area contributed by atoms with Gasteiger partial charge in [-0.2, -0.15) is 0 Å². The standard InChI is InChI=1S/C36H35Cl3O7S/c37-36(38,39)25-45-35(40)44-24-30-31(41-21-26-13-5-1-6-14-26)32(42-22-27-15-7-2-8-16-27)33(43-23-28-17-9-3-10-18-28)34(46-30)47-29-19-11-4-12-20-29/h1-20,30-34H,21-25H2/t30-,31+,32+,33-,34+/m1/s1. The van der Waals surface area contributed by atoms with Crippen LogP contribution in [0.2, 0.25) is 0 Å². The smallest absolute Gasteiger partial charge is 0.431 e. The molecule has 5 atom stereocenters. The molecule has 7 nitrogen and oxygen atoms in total. The van der Waals surface area contributed by atoms with Crippen molar-refractivity contribution in [3.63, 3.8) is 0 Å². The molecule has 47 heavy (non-hydrogen) atoms. The van der Waals surface area contributed by atoms with Crippen molar-refractivity contribution in [1.82, 2.24) is 0 Å². The number of ether oxygens (including phenoxy) is 6. The molecule has 1 saturated heterocycles. The highest BCUT2D eigenvalue weighted by molar-refractivity contribution is 7.99. The Morgan fingerprint density at radius 3 is 1.55 bits per heavy atom. The van der Waals surface area contributed by atoms with Crippen molar-refractivity contribution in [2.75, 3.05) is 13.2 Å². The summed E-state index contributed by atoms with van der Waals surface area (Å²) in [6.45, 7) is 0.197. The molecule has 1 aliphatic heterocycles.